The van der Waals surface area contributed by atoms with Crippen LogP contribution in [0.4, 0.5) is 0 Å². The van der Waals surface area contributed by atoms with Crippen molar-refractivity contribution >= 4 is 5.91 Å². The van der Waals surface area contributed by atoms with Crippen molar-refractivity contribution in [3.63, 3.8) is 0 Å². The highest BCUT2D eigenvalue weighted by Gasteiger charge is 2.22. The molecule has 0 aromatic rings. The van der Waals surface area contributed by atoms with Gasteiger partial charge in [0.2, 0.25) is 5.91 Å². The Labute approximate surface area is 319 Å². The summed E-state index contributed by atoms with van der Waals surface area (Å²) >= 11 is 0. The molecule has 304 valence electrons. The molecule has 0 fully saturated rings. The number of carbonyl (C=O) groups is 1. The van der Waals surface area contributed by atoms with Gasteiger partial charge in [-0.05, 0) is 19.3 Å². The Morgan fingerprint density at radius 1 is 0.471 bits per heavy atom. The third-order valence-corrected chi connectivity index (χ3v) is 10.9. The Morgan fingerprint density at radius 2 is 0.765 bits per heavy atom. The molecule has 1 amide bonds. The number of carbonyl (C=O) groups excluding carboxylic acids is 1. The van der Waals surface area contributed by atoms with Crippen LogP contribution in [0, 0.1) is 0 Å². The fourth-order valence-corrected chi connectivity index (χ4v) is 7.25. The first-order valence-corrected chi connectivity index (χ1v) is 23.0. The molecule has 0 saturated carbocycles. The van der Waals surface area contributed by atoms with Gasteiger partial charge in [0.05, 0.1) is 18.8 Å². The topological polar surface area (TPSA) is 89.8 Å². The number of aliphatic hydroxyl groups is 3. The number of hydrogen-bond donors (Lipinski definition) is 4. The smallest absolute Gasteiger partial charge is 0.249 e. The molecule has 4 N–H and O–H groups in total. The zero-order chi connectivity index (χ0) is 37.3. The van der Waals surface area contributed by atoms with Gasteiger partial charge in [-0.1, -0.05) is 244 Å². The minimum atomic E-state index is -1.09. The summed E-state index contributed by atoms with van der Waals surface area (Å²) in [4.78, 5) is 12.5. The van der Waals surface area contributed by atoms with Crippen LogP contribution in [0.1, 0.15) is 251 Å². The van der Waals surface area contributed by atoms with Gasteiger partial charge in [-0.15, -0.1) is 0 Å². The lowest BCUT2D eigenvalue weighted by molar-refractivity contribution is -0.131. The van der Waals surface area contributed by atoms with Crippen LogP contribution in [-0.2, 0) is 4.79 Å². The predicted octanol–water partition coefficient (Wildman–Crippen LogP) is 13.2. The van der Waals surface area contributed by atoms with Crippen LogP contribution in [0.5, 0.6) is 0 Å². The largest absolute Gasteiger partial charge is 0.394 e. The Hall–Kier alpha value is -0.910. The van der Waals surface area contributed by atoms with Crippen molar-refractivity contribution in [1.82, 2.24) is 5.32 Å². The average molecular weight is 722 g/mol. The molecule has 5 nitrogen and oxygen atoms in total. The van der Waals surface area contributed by atoms with E-state index in [1.165, 1.54) is 199 Å². The van der Waals surface area contributed by atoms with Crippen LogP contribution in [0.3, 0.4) is 0 Å². The van der Waals surface area contributed by atoms with Crippen molar-refractivity contribution in [2.75, 3.05) is 6.61 Å². The van der Waals surface area contributed by atoms with E-state index >= 15 is 0 Å². The average Bonchev–Trinajstić information content (AvgIpc) is 3.13. The molecular formula is C46H91NO4. The lowest BCUT2D eigenvalue weighted by Crippen LogP contribution is -2.48. The lowest BCUT2D eigenvalue weighted by Gasteiger charge is -2.21. The molecule has 5 heteroatoms. The summed E-state index contributed by atoms with van der Waals surface area (Å²) in [6, 6.07) is -0.792. The molecule has 0 aromatic heterocycles. The lowest BCUT2D eigenvalue weighted by atomic mass is 10.0. The summed E-state index contributed by atoms with van der Waals surface area (Å²) in [6.45, 7) is 4.20. The fourth-order valence-electron chi connectivity index (χ4n) is 7.25. The second-order valence-electron chi connectivity index (χ2n) is 16.0. The molecule has 0 saturated heterocycles. The van der Waals surface area contributed by atoms with Gasteiger partial charge in [-0.25, -0.2) is 0 Å². The van der Waals surface area contributed by atoms with Crippen LogP contribution in [0.2, 0.25) is 0 Å². The molecular weight excluding hydrogens is 631 g/mol. The number of amides is 1. The van der Waals surface area contributed by atoms with Gasteiger partial charge in [-0.2, -0.15) is 0 Å². The molecule has 0 aromatic carbocycles. The molecule has 51 heavy (non-hydrogen) atoms. The van der Waals surface area contributed by atoms with Gasteiger partial charge in [0.25, 0.3) is 0 Å². The van der Waals surface area contributed by atoms with Crippen LogP contribution in [0.15, 0.2) is 12.2 Å². The SMILES string of the molecule is CCCCCCCCCCCCCC/C=C/C(O)C(CO)NC(=O)C(O)CCCCCCCCCCCCCCCCCCCCCCCCC. The summed E-state index contributed by atoms with van der Waals surface area (Å²) in [5.74, 6) is -0.499. The van der Waals surface area contributed by atoms with Gasteiger partial charge in [0.1, 0.15) is 6.10 Å². The monoisotopic (exact) mass is 722 g/mol. The van der Waals surface area contributed by atoms with Crippen LogP contribution in [0.25, 0.3) is 0 Å². The number of hydrogen-bond acceptors (Lipinski definition) is 4. The van der Waals surface area contributed by atoms with Crippen molar-refractivity contribution in [2.24, 2.45) is 0 Å². The minimum Gasteiger partial charge on any atom is -0.394 e. The van der Waals surface area contributed by atoms with Crippen molar-refractivity contribution < 1.29 is 20.1 Å². The van der Waals surface area contributed by atoms with Gasteiger partial charge in [0, 0.05) is 0 Å². The maximum Gasteiger partial charge on any atom is 0.249 e. The first-order valence-electron chi connectivity index (χ1n) is 23.0. The Balaban J connectivity index is 3.58. The predicted molar refractivity (Wildman–Crippen MR) is 222 cm³/mol. The molecule has 0 bridgehead atoms. The van der Waals surface area contributed by atoms with E-state index in [4.69, 9.17) is 0 Å². The summed E-state index contributed by atoms with van der Waals surface area (Å²) < 4.78 is 0. The summed E-state index contributed by atoms with van der Waals surface area (Å²) in [7, 11) is 0. The van der Waals surface area contributed by atoms with Gasteiger partial charge in [0.15, 0.2) is 0 Å². The molecule has 0 aliphatic carbocycles. The molecule has 3 unspecified atom stereocenters. The Bertz CT molecular complexity index is 713. The van der Waals surface area contributed by atoms with Gasteiger partial charge >= 0.3 is 0 Å². The van der Waals surface area contributed by atoms with E-state index in [9.17, 15) is 20.1 Å². The van der Waals surface area contributed by atoms with Crippen molar-refractivity contribution in [3.05, 3.63) is 12.2 Å². The van der Waals surface area contributed by atoms with E-state index in [-0.39, 0.29) is 6.61 Å². The second kappa shape index (κ2) is 41.8. The van der Waals surface area contributed by atoms with E-state index in [0.29, 0.717) is 6.42 Å². The minimum absolute atomic E-state index is 0.359. The van der Waals surface area contributed by atoms with E-state index in [2.05, 4.69) is 19.2 Å². The van der Waals surface area contributed by atoms with Crippen LogP contribution in [-0.4, -0.2) is 46.1 Å². The highest BCUT2D eigenvalue weighted by atomic mass is 16.3. The van der Waals surface area contributed by atoms with E-state index < -0.39 is 24.2 Å². The van der Waals surface area contributed by atoms with E-state index in [1.807, 2.05) is 6.08 Å². The molecule has 3 atom stereocenters. The summed E-state index contributed by atoms with van der Waals surface area (Å²) in [6.07, 6.45) is 49.7. The number of rotatable bonds is 42. The molecule has 0 radical (unpaired) electrons. The summed E-state index contributed by atoms with van der Waals surface area (Å²) in [5, 5.41) is 33.1. The molecule has 0 aliphatic heterocycles. The molecule has 0 spiro atoms. The fraction of sp³-hybridized carbons (Fsp3) is 0.935. The zero-order valence-electron chi connectivity index (χ0n) is 34.5. The Kier molecular flexibility index (Phi) is 41.1. The number of unbranched alkanes of at least 4 members (excludes halogenated alkanes) is 34. The second-order valence-corrected chi connectivity index (χ2v) is 16.0. The number of nitrogens with one attached hydrogen (secondary N) is 1. The highest BCUT2D eigenvalue weighted by molar-refractivity contribution is 5.80. The summed E-state index contributed by atoms with van der Waals surface area (Å²) in [5.41, 5.74) is 0. The first-order chi connectivity index (χ1) is 25.1. The van der Waals surface area contributed by atoms with Crippen molar-refractivity contribution in [1.29, 1.82) is 0 Å². The maximum absolute atomic E-state index is 12.5. The first kappa shape index (κ1) is 50.1. The van der Waals surface area contributed by atoms with Crippen molar-refractivity contribution in [2.45, 2.75) is 270 Å². The normalized spacial score (nSPS) is 13.6. The van der Waals surface area contributed by atoms with Gasteiger partial charge < -0.3 is 20.6 Å². The van der Waals surface area contributed by atoms with Crippen molar-refractivity contribution in [3.8, 4) is 0 Å². The van der Waals surface area contributed by atoms with E-state index in [0.717, 1.165) is 32.1 Å². The quantitative estimate of drug-likeness (QED) is 0.0373. The third-order valence-electron chi connectivity index (χ3n) is 10.9. The highest BCUT2D eigenvalue weighted by Crippen LogP contribution is 2.17. The number of aliphatic hydroxyl groups excluding tert-OH is 3. The maximum atomic E-state index is 12.5. The van der Waals surface area contributed by atoms with E-state index in [1.54, 1.807) is 6.08 Å². The molecule has 0 aliphatic rings. The Morgan fingerprint density at radius 3 is 1.08 bits per heavy atom. The molecule has 0 rings (SSSR count). The third kappa shape index (κ3) is 37.2. The van der Waals surface area contributed by atoms with Gasteiger partial charge in [-0.3, -0.25) is 4.79 Å². The van der Waals surface area contributed by atoms with Crippen LogP contribution >= 0.6 is 0 Å². The zero-order valence-corrected chi connectivity index (χ0v) is 34.5. The molecule has 0 heterocycles. The van der Waals surface area contributed by atoms with Crippen LogP contribution < -0.4 is 5.32 Å². The standard InChI is InChI=1S/C46H91NO4/c1-3-5-7-9-11-13-15-17-19-20-21-22-23-24-25-26-27-29-31-33-35-37-39-41-45(50)46(51)47-43(42-48)44(49)40-38-36-34-32-30-28-18-16-14-12-10-8-6-4-2/h38,40,43-45,48-50H,3-37,39,41-42H2,1-2H3,(H,47,51)/b40-38+. The number of allylic oxidation sites excluding steroid dienone is 1.